The maximum Gasteiger partial charge on any atom is 0.133 e. The minimum absolute atomic E-state index is 0.0559. The van der Waals surface area contributed by atoms with Gasteiger partial charge in [0.05, 0.1) is 6.10 Å². The topological polar surface area (TPSA) is 54.4 Å². The Hall–Kier alpha value is -0.960. The summed E-state index contributed by atoms with van der Waals surface area (Å²) in [6, 6.07) is 0. The van der Waals surface area contributed by atoms with Crippen molar-refractivity contribution in [2.45, 2.75) is 78.7 Å². The normalized spacial score (nSPS) is 50.3. The molecule has 4 rings (SSSR count). The first-order chi connectivity index (χ1) is 12.2. The van der Waals surface area contributed by atoms with E-state index in [1.165, 1.54) is 5.57 Å². The zero-order valence-electron chi connectivity index (χ0n) is 16.8. The molecule has 0 aromatic heterocycles. The number of fused-ring (bicyclic) bond motifs is 5. The Morgan fingerprint density at radius 2 is 1.73 bits per heavy atom. The smallest absolute Gasteiger partial charge is 0.133 e. The van der Waals surface area contributed by atoms with Crippen molar-refractivity contribution in [1.82, 2.24) is 0 Å². The average Bonchev–Trinajstić information content (AvgIpc) is 2.92. The van der Waals surface area contributed by atoms with Crippen LogP contribution in [0.3, 0.4) is 0 Å². The van der Waals surface area contributed by atoms with E-state index < -0.39 is 0 Å². The molecule has 3 fully saturated rings. The average molecular weight is 359 g/mol. The molecule has 0 saturated heterocycles. The third-order valence-electron chi connectivity index (χ3n) is 9.20. The molecule has 1 N–H and O–H groups in total. The second-order valence-electron chi connectivity index (χ2n) is 10.2. The maximum absolute atomic E-state index is 12.5. The fourth-order valence-electron chi connectivity index (χ4n) is 7.99. The molecule has 0 radical (unpaired) electrons. The fourth-order valence-corrected chi connectivity index (χ4v) is 7.99. The summed E-state index contributed by atoms with van der Waals surface area (Å²) >= 11 is 0. The van der Waals surface area contributed by atoms with Gasteiger partial charge in [-0.05, 0) is 82.0 Å². The summed E-state index contributed by atoms with van der Waals surface area (Å²) in [5.41, 5.74) is 1.39. The van der Waals surface area contributed by atoms with E-state index >= 15 is 0 Å². The molecule has 26 heavy (non-hydrogen) atoms. The van der Waals surface area contributed by atoms with Crippen LogP contribution in [0, 0.1) is 40.4 Å². The molecule has 4 aliphatic carbocycles. The van der Waals surface area contributed by atoms with Gasteiger partial charge in [-0.25, -0.2) is 0 Å². The first kappa shape index (κ1) is 18.4. The zero-order chi connectivity index (χ0) is 18.9. The molecule has 4 aliphatic rings. The first-order valence-corrected chi connectivity index (χ1v) is 10.6. The second kappa shape index (κ2) is 6.02. The van der Waals surface area contributed by atoms with Crippen LogP contribution in [0.25, 0.3) is 0 Å². The lowest BCUT2D eigenvalue weighted by Crippen LogP contribution is -2.55. The Balaban J connectivity index is 1.72. The van der Waals surface area contributed by atoms with E-state index in [0.717, 1.165) is 38.5 Å². The summed E-state index contributed by atoms with van der Waals surface area (Å²) in [5.74, 6) is 2.48. The molecule has 0 aromatic carbocycles. The van der Waals surface area contributed by atoms with Gasteiger partial charge in [0.1, 0.15) is 11.6 Å². The first-order valence-electron chi connectivity index (χ1n) is 10.6. The Labute approximate surface area is 157 Å². The predicted molar refractivity (Wildman–Crippen MR) is 101 cm³/mol. The number of hydrogen-bond donors (Lipinski definition) is 1. The van der Waals surface area contributed by atoms with Gasteiger partial charge < -0.3 is 5.11 Å². The highest BCUT2D eigenvalue weighted by atomic mass is 16.3. The number of aliphatic hydroxyl groups is 1. The van der Waals surface area contributed by atoms with Crippen molar-refractivity contribution in [3.05, 3.63) is 11.6 Å². The van der Waals surface area contributed by atoms with Crippen LogP contribution in [-0.2, 0) is 9.59 Å². The molecule has 144 valence electrons. The standard InChI is InChI=1S/C23H34O3/c1-13(24)18-7-8-19-17-6-5-15-11-16(26)12-21(14(2)25)23(15,4)20(17)9-10-22(18,19)3/h5,16-21,26H,6-12H2,1-4H3/t16?,17-,18+,19-,20-,21?,22+,23-/m0/s1. The molecule has 3 heteroatoms. The van der Waals surface area contributed by atoms with Crippen LogP contribution in [0.1, 0.15) is 72.6 Å². The molecule has 0 amide bonds. The SMILES string of the molecule is CC(=O)C1CC(O)CC2=CC[C@H]3[C@@H]4CC[C@H](C(C)=O)[C@@]4(C)CC[C@@H]3[C@]21C. The Kier molecular flexibility index (Phi) is 4.26. The van der Waals surface area contributed by atoms with Crippen LogP contribution in [0.4, 0.5) is 0 Å². The molecular formula is C23H34O3. The van der Waals surface area contributed by atoms with Crippen molar-refractivity contribution in [1.29, 1.82) is 0 Å². The van der Waals surface area contributed by atoms with Crippen molar-refractivity contribution in [2.24, 2.45) is 40.4 Å². The van der Waals surface area contributed by atoms with Gasteiger partial charge in [-0.15, -0.1) is 0 Å². The Morgan fingerprint density at radius 3 is 2.38 bits per heavy atom. The van der Waals surface area contributed by atoms with E-state index in [0.29, 0.717) is 30.0 Å². The lowest BCUT2D eigenvalue weighted by atomic mass is 9.44. The monoisotopic (exact) mass is 358 g/mol. The summed E-state index contributed by atoms with van der Waals surface area (Å²) in [5, 5.41) is 10.3. The van der Waals surface area contributed by atoms with Crippen molar-refractivity contribution in [2.75, 3.05) is 0 Å². The summed E-state index contributed by atoms with van der Waals surface area (Å²) in [4.78, 5) is 24.8. The maximum atomic E-state index is 12.5. The van der Waals surface area contributed by atoms with Crippen molar-refractivity contribution in [3.8, 4) is 0 Å². The van der Waals surface area contributed by atoms with Crippen molar-refractivity contribution >= 4 is 11.6 Å². The van der Waals surface area contributed by atoms with Crippen LogP contribution in [-0.4, -0.2) is 22.8 Å². The van der Waals surface area contributed by atoms with Crippen LogP contribution in [0.5, 0.6) is 0 Å². The molecular weight excluding hydrogens is 324 g/mol. The predicted octanol–water partition coefficient (Wildman–Crippen LogP) is 4.33. The minimum atomic E-state index is -0.373. The number of aliphatic hydroxyl groups excluding tert-OH is 1. The van der Waals surface area contributed by atoms with Gasteiger partial charge in [0, 0.05) is 17.3 Å². The molecule has 0 bridgehead atoms. The highest BCUT2D eigenvalue weighted by molar-refractivity contribution is 5.80. The molecule has 0 aliphatic heterocycles. The number of Topliss-reactive ketones (excluding diaryl/α,β-unsaturated/α-hetero) is 2. The van der Waals surface area contributed by atoms with Gasteiger partial charge in [-0.3, -0.25) is 9.59 Å². The van der Waals surface area contributed by atoms with Crippen LogP contribution in [0.15, 0.2) is 11.6 Å². The van der Waals surface area contributed by atoms with Gasteiger partial charge in [0.25, 0.3) is 0 Å². The molecule has 2 unspecified atom stereocenters. The van der Waals surface area contributed by atoms with E-state index in [1.807, 2.05) is 0 Å². The molecule has 8 atom stereocenters. The Bertz CT molecular complexity index is 664. The van der Waals surface area contributed by atoms with E-state index in [9.17, 15) is 14.7 Å². The molecule has 3 saturated carbocycles. The van der Waals surface area contributed by atoms with E-state index in [2.05, 4.69) is 19.9 Å². The van der Waals surface area contributed by atoms with Crippen molar-refractivity contribution in [3.63, 3.8) is 0 Å². The fraction of sp³-hybridized carbons (Fsp3) is 0.826. The van der Waals surface area contributed by atoms with E-state index in [4.69, 9.17) is 0 Å². The van der Waals surface area contributed by atoms with Gasteiger partial charge >= 0.3 is 0 Å². The number of hydrogen-bond acceptors (Lipinski definition) is 3. The quantitative estimate of drug-likeness (QED) is 0.748. The number of carbonyl (C=O) groups excluding carboxylic acids is 2. The van der Waals surface area contributed by atoms with Gasteiger partial charge in [-0.1, -0.05) is 25.5 Å². The lowest BCUT2D eigenvalue weighted by Gasteiger charge is -2.59. The molecule has 0 spiro atoms. The van der Waals surface area contributed by atoms with Crippen LogP contribution in [0.2, 0.25) is 0 Å². The molecule has 0 heterocycles. The summed E-state index contributed by atoms with van der Waals surface area (Å²) in [7, 11) is 0. The minimum Gasteiger partial charge on any atom is -0.393 e. The second-order valence-corrected chi connectivity index (χ2v) is 10.2. The van der Waals surface area contributed by atoms with Crippen molar-refractivity contribution < 1.29 is 14.7 Å². The lowest BCUT2D eigenvalue weighted by molar-refractivity contribution is -0.135. The highest BCUT2D eigenvalue weighted by Gasteiger charge is 2.61. The van der Waals surface area contributed by atoms with Gasteiger partial charge in [0.2, 0.25) is 0 Å². The van der Waals surface area contributed by atoms with Crippen LogP contribution >= 0.6 is 0 Å². The van der Waals surface area contributed by atoms with Gasteiger partial charge in [0.15, 0.2) is 0 Å². The number of allylic oxidation sites excluding steroid dienone is 1. The summed E-state index contributed by atoms with van der Waals surface area (Å²) < 4.78 is 0. The number of carbonyl (C=O) groups is 2. The molecule has 3 nitrogen and oxygen atoms in total. The highest BCUT2D eigenvalue weighted by Crippen LogP contribution is 2.67. The molecule has 0 aromatic rings. The third kappa shape index (κ3) is 2.35. The zero-order valence-corrected chi connectivity index (χ0v) is 16.8. The summed E-state index contributed by atoms with van der Waals surface area (Å²) in [6.45, 7) is 8.16. The summed E-state index contributed by atoms with van der Waals surface area (Å²) in [6.07, 6.45) is 8.85. The van der Waals surface area contributed by atoms with E-state index in [1.54, 1.807) is 13.8 Å². The number of rotatable bonds is 2. The number of ketones is 2. The van der Waals surface area contributed by atoms with E-state index in [-0.39, 0.29) is 34.6 Å². The Morgan fingerprint density at radius 1 is 1.04 bits per heavy atom. The van der Waals surface area contributed by atoms with Crippen LogP contribution < -0.4 is 0 Å². The van der Waals surface area contributed by atoms with Gasteiger partial charge in [-0.2, -0.15) is 0 Å². The largest absolute Gasteiger partial charge is 0.393 e. The third-order valence-corrected chi connectivity index (χ3v) is 9.20.